The van der Waals surface area contributed by atoms with E-state index in [1.807, 2.05) is 6.92 Å². The summed E-state index contributed by atoms with van der Waals surface area (Å²) in [6, 6.07) is 7.74. The van der Waals surface area contributed by atoms with Crippen LogP contribution in [0.3, 0.4) is 0 Å². The molecule has 4 heterocycles. The summed E-state index contributed by atoms with van der Waals surface area (Å²) < 4.78 is 48.4. The zero-order valence-electron chi connectivity index (χ0n) is 22.4. The van der Waals surface area contributed by atoms with E-state index < -0.39 is 27.5 Å². The summed E-state index contributed by atoms with van der Waals surface area (Å²) in [6.45, 7) is 7.99. The molecule has 1 atom stereocenters. The number of ether oxygens (including phenoxy) is 1. The van der Waals surface area contributed by atoms with Gasteiger partial charge in [-0.15, -0.1) is 0 Å². The molecule has 0 spiro atoms. The second kappa shape index (κ2) is 10.3. The number of likely N-dealkylation sites (tertiary alicyclic amines) is 1. The van der Waals surface area contributed by atoms with Crippen molar-refractivity contribution in [2.75, 3.05) is 18.4 Å². The van der Waals surface area contributed by atoms with Gasteiger partial charge in [0.2, 0.25) is 0 Å². The number of rotatable bonds is 5. The first-order valence-corrected chi connectivity index (χ1v) is 14.4. The minimum absolute atomic E-state index is 0.0710. The lowest BCUT2D eigenvalue weighted by Gasteiger charge is -2.24. The topological polar surface area (TPSA) is 119 Å². The number of amides is 1. The highest BCUT2D eigenvalue weighted by atomic mass is 35.5. The minimum atomic E-state index is -4.03. The molecule has 0 bridgehead atoms. The van der Waals surface area contributed by atoms with Crippen LogP contribution in [0.5, 0.6) is 0 Å². The maximum Gasteiger partial charge on any atom is 0.410 e. The Morgan fingerprint density at radius 3 is 2.60 bits per heavy atom. The predicted octanol–water partition coefficient (Wildman–Crippen LogP) is 5.25. The summed E-state index contributed by atoms with van der Waals surface area (Å²) >= 11 is 6.21. The van der Waals surface area contributed by atoms with Crippen LogP contribution in [0, 0.1) is 12.7 Å². The molecule has 210 valence electrons. The van der Waals surface area contributed by atoms with Crippen LogP contribution in [0.4, 0.5) is 15.0 Å². The summed E-state index contributed by atoms with van der Waals surface area (Å²) in [4.78, 5) is 26.9. The van der Waals surface area contributed by atoms with Gasteiger partial charge in [-0.05, 0) is 52.3 Å². The Kier molecular flexibility index (Phi) is 7.17. The quantitative estimate of drug-likeness (QED) is 0.337. The van der Waals surface area contributed by atoms with Gasteiger partial charge in [0.15, 0.2) is 23.1 Å². The molecule has 40 heavy (non-hydrogen) atoms. The smallest absolute Gasteiger partial charge is 0.410 e. The Morgan fingerprint density at radius 1 is 1.18 bits per heavy atom. The molecule has 13 heteroatoms. The van der Waals surface area contributed by atoms with Crippen LogP contribution in [0.2, 0.25) is 5.02 Å². The van der Waals surface area contributed by atoms with E-state index in [0.717, 1.165) is 15.7 Å². The average molecular weight is 587 g/mol. The van der Waals surface area contributed by atoms with Crippen LogP contribution in [0.15, 0.2) is 53.8 Å². The molecule has 0 saturated carbocycles. The molecule has 0 radical (unpaired) electrons. The molecule has 1 amide bonds. The zero-order valence-corrected chi connectivity index (χ0v) is 23.9. The summed E-state index contributed by atoms with van der Waals surface area (Å²) in [5.41, 5.74) is 0.731. The van der Waals surface area contributed by atoms with E-state index in [9.17, 15) is 17.6 Å². The maximum atomic E-state index is 14.8. The van der Waals surface area contributed by atoms with Crippen LogP contribution in [-0.4, -0.2) is 63.1 Å². The van der Waals surface area contributed by atoms with Crippen LogP contribution < -0.4 is 5.32 Å². The number of aryl methyl sites for hydroxylation is 1. The summed E-state index contributed by atoms with van der Waals surface area (Å²) in [7, 11) is -4.03. The molecule has 1 fully saturated rings. The lowest BCUT2D eigenvalue weighted by atomic mass is 10.2. The minimum Gasteiger partial charge on any atom is -0.444 e. The normalized spacial score (nSPS) is 15.9. The largest absolute Gasteiger partial charge is 0.444 e. The first kappa shape index (κ1) is 27.8. The monoisotopic (exact) mass is 586 g/mol. The maximum absolute atomic E-state index is 14.8. The molecular formula is C27H28ClFN6O4S. The number of nitrogens with one attached hydrogen (secondary N) is 1. The van der Waals surface area contributed by atoms with E-state index in [1.165, 1.54) is 24.5 Å². The highest BCUT2D eigenvalue weighted by Gasteiger charge is 2.31. The molecule has 1 saturated heterocycles. The molecule has 1 aliphatic rings. The number of fused-ring (bicyclic) bond motifs is 1. The fourth-order valence-electron chi connectivity index (χ4n) is 4.40. The standard InChI is InChI=1S/C27H28ClFN6O4S/c1-16-5-7-19(8-6-16)40(37,38)35-15-21(20-11-17(28)12-31-25(20)35)23-30-13-22(29)24(33-23)32-18-9-10-34(14-18)26(36)39-27(2,3)4/h5-8,11-13,15,18H,9-10,14H2,1-4H3,(H,30,32,33)/t18-/m0/s1. The zero-order chi connectivity index (χ0) is 28.8. The predicted molar refractivity (Wildman–Crippen MR) is 149 cm³/mol. The first-order valence-electron chi connectivity index (χ1n) is 12.6. The molecule has 1 aliphatic heterocycles. The van der Waals surface area contributed by atoms with Crippen molar-refractivity contribution in [1.29, 1.82) is 0 Å². The van der Waals surface area contributed by atoms with Crippen molar-refractivity contribution in [3.8, 4) is 11.4 Å². The molecular weight excluding hydrogens is 559 g/mol. The third-order valence-corrected chi connectivity index (χ3v) is 8.19. The third-order valence-electron chi connectivity index (χ3n) is 6.32. The Hall–Kier alpha value is -3.77. The van der Waals surface area contributed by atoms with E-state index in [0.29, 0.717) is 30.5 Å². The number of nitrogens with zero attached hydrogens (tertiary/aromatic N) is 5. The third kappa shape index (κ3) is 5.59. The molecule has 3 aromatic heterocycles. The number of carbonyl (C=O) groups excluding carboxylic acids is 1. The van der Waals surface area contributed by atoms with Crippen molar-refractivity contribution in [3.05, 3.63) is 65.3 Å². The number of benzene rings is 1. The number of pyridine rings is 1. The van der Waals surface area contributed by atoms with Crippen LogP contribution in [-0.2, 0) is 14.8 Å². The fourth-order valence-corrected chi connectivity index (χ4v) is 5.88. The second-order valence-corrected chi connectivity index (χ2v) is 12.9. The van der Waals surface area contributed by atoms with Gasteiger partial charge in [-0.1, -0.05) is 29.3 Å². The van der Waals surface area contributed by atoms with Gasteiger partial charge >= 0.3 is 6.09 Å². The van der Waals surface area contributed by atoms with E-state index in [1.54, 1.807) is 43.9 Å². The van der Waals surface area contributed by atoms with Gasteiger partial charge in [0.25, 0.3) is 10.0 Å². The van der Waals surface area contributed by atoms with Crippen LogP contribution in [0.25, 0.3) is 22.4 Å². The number of hydrogen-bond donors (Lipinski definition) is 1. The number of anilines is 1. The molecule has 0 unspecified atom stereocenters. The molecule has 1 aromatic carbocycles. The van der Waals surface area contributed by atoms with E-state index in [2.05, 4.69) is 20.3 Å². The van der Waals surface area contributed by atoms with Crippen molar-refractivity contribution in [3.63, 3.8) is 0 Å². The molecule has 0 aliphatic carbocycles. The van der Waals surface area contributed by atoms with Crippen LogP contribution >= 0.6 is 11.6 Å². The van der Waals surface area contributed by atoms with Gasteiger partial charge in [0.05, 0.1) is 16.1 Å². The van der Waals surface area contributed by atoms with Gasteiger partial charge in [-0.2, -0.15) is 0 Å². The highest BCUT2D eigenvalue weighted by molar-refractivity contribution is 7.90. The van der Waals surface area contributed by atoms with Gasteiger partial charge < -0.3 is 15.0 Å². The van der Waals surface area contributed by atoms with Crippen molar-refractivity contribution in [2.24, 2.45) is 0 Å². The number of hydrogen-bond acceptors (Lipinski definition) is 8. The lowest BCUT2D eigenvalue weighted by molar-refractivity contribution is 0.0293. The Morgan fingerprint density at radius 2 is 1.90 bits per heavy atom. The summed E-state index contributed by atoms with van der Waals surface area (Å²) in [5.74, 6) is -0.678. The van der Waals surface area contributed by atoms with Gasteiger partial charge in [-0.3, -0.25) is 0 Å². The van der Waals surface area contributed by atoms with E-state index >= 15 is 0 Å². The van der Waals surface area contributed by atoms with Crippen molar-refractivity contribution in [1.82, 2.24) is 23.8 Å². The lowest BCUT2D eigenvalue weighted by Crippen LogP contribution is -2.36. The first-order chi connectivity index (χ1) is 18.8. The van der Waals surface area contributed by atoms with Crippen molar-refractivity contribution < 1.29 is 22.3 Å². The molecule has 1 N–H and O–H groups in total. The second-order valence-electron chi connectivity index (χ2n) is 10.6. The summed E-state index contributed by atoms with van der Waals surface area (Å²) in [6.07, 6.45) is 3.85. The Labute approximate surface area is 236 Å². The molecule has 10 nitrogen and oxygen atoms in total. The Balaban J connectivity index is 1.48. The fraction of sp³-hybridized carbons (Fsp3) is 0.333. The summed E-state index contributed by atoms with van der Waals surface area (Å²) in [5, 5.41) is 3.72. The molecule has 5 rings (SSSR count). The molecule has 4 aromatic rings. The average Bonchev–Trinajstić information content (AvgIpc) is 3.50. The van der Waals surface area contributed by atoms with E-state index in [-0.39, 0.29) is 33.2 Å². The Bertz CT molecular complexity index is 1700. The number of aromatic nitrogens is 4. The number of halogens is 2. The van der Waals surface area contributed by atoms with Crippen LogP contribution in [0.1, 0.15) is 32.8 Å². The van der Waals surface area contributed by atoms with Crippen molar-refractivity contribution in [2.45, 2.75) is 50.7 Å². The van der Waals surface area contributed by atoms with Gasteiger partial charge in [-0.25, -0.2) is 36.5 Å². The number of carbonyl (C=O) groups is 1. The van der Waals surface area contributed by atoms with Gasteiger partial charge in [0, 0.05) is 42.5 Å². The SMILES string of the molecule is Cc1ccc(S(=O)(=O)n2cc(-c3ncc(F)c(N[C@H]4CCN(C(=O)OC(C)(C)C)C4)n3)c3cc(Cl)cnc32)cc1. The van der Waals surface area contributed by atoms with E-state index in [4.69, 9.17) is 16.3 Å². The van der Waals surface area contributed by atoms with Gasteiger partial charge in [0.1, 0.15) is 5.60 Å². The van der Waals surface area contributed by atoms with Crippen molar-refractivity contribution >= 4 is 44.6 Å². The highest BCUT2D eigenvalue weighted by Crippen LogP contribution is 2.33.